The third-order valence-electron chi connectivity index (χ3n) is 4.33. The van der Waals surface area contributed by atoms with Crippen LogP contribution in [0.1, 0.15) is 38.2 Å². The van der Waals surface area contributed by atoms with E-state index in [9.17, 15) is 9.18 Å². The van der Waals surface area contributed by atoms with Crippen LogP contribution in [0.4, 0.5) is 4.39 Å². The van der Waals surface area contributed by atoms with Crippen LogP contribution in [0.3, 0.4) is 0 Å². The molecule has 1 fully saturated rings. The SMILES string of the molecule is CCOC(=O)C1CCC(OC)(c2cc(OC)ncc2F)CC1. The molecule has 0 spiro atoms. The van der Waals surface area contributed by atoms with E-state index in [1.54, 1.807) is 20.1 Å². The van der Waals surface area contributed by atoms with E-state index in [-0.39, 0.29) is 11.9 Å². The average molecular weight is 311 g/mol. The highest BCUT2D eigenvalue weighted by atomic mass is 19.1. The maximum absolute atomic E-state index is 14.2. The predicted octanol–water partition coefficient (Wildman–Crippen LogP) is 2.82. The number of carbonyl (C=O) groups is 1. The molecule has 1 aliphatic carbocycles. The molecule has 0 N–H and O–H groups in total. The van der Waals surface area contributed by atoms with Gasteiger partial charge in [0.25, 0.3) is 0 Å². The summed E-state index contributed by atoms with van der Waals surface area (Å²) >= 11 is 0. The van der Waals surface area contributed by atoms with Gasteiger partial charge in [-0.2, -0.15) is 0 Å². The Bertz CT molecular complexity index is 527. The van der Waals surface area contributed by atoms with Gasteiger partial charge in [0.15, 0.2) is 0 Å². The highest BCUT2D eigenvalue weighted by Gasteiger charge is 2.41. The summed E-state index contributed by atoms with van der Waals surface area (Å²) in [5, 5.41) is 0. The monoisotopic (exact) mass is 311 g/mol. The minimum atomic E-state index is -0.747. The molecule has 122 valence electrons. The molecular formula is C16H22FNO4. The van der Waals surface area contributed by atoms with Crippen molar-refractivity contribution in [2.24, 2.45) is 5.92 Å². The number of carbonyl (C=O) groups excluding carboxylic acids is 1. The number of ether oxygens (including phenoxy) is 3. The summed E-state index contributed by atoms with van der Waals surface area (Å²) in [6.45, 7) is 2.17. The van der Waals surface area contributed by atoms with Gasteiger partial charge in [0.05, 0.1) is 31.4 Å². The summed E-state index contributed by atoms with van der Waals surface area (Å²) in [5.74, 6) is -0.396. The van der Waals surface area contributed by atoms with Crippen LogP contribution in [0.2, 0.25) is 0 Å². The summed E-state index contributed by atoms with van der Waals surface area (Å²) in [7, 11) is 3.05. The number of aromatic nitrogens is 1. The van der Waals surface area contributed by atoms with Gasteiger partial charge in [0.1, 0.15) is 5.82 Å². The molecule has 6 heteroatoms. The topological polar surface area (TPSA) is 57.7 Å². The summed E-state index contributed by atoms with van der Waals surface area (Å²) in [4.78, 5) is 15.7. The Hall–Kier alpha value is -1.69. The Balaban J connectivity index is 2.20. The first-order valence-electron chi connectivity index (χ1n) is 7.48. The van der Waals surface area contributed by atoms with Crippen molar-refractivity contribution in [1.82, 2.24) is 4.98 Å². The molecule has 0 radical (unpaired) electrons. The number of pyridine rings is 1. The Morgan fingerprint density at radius 2 is 2.09 bits per heavy atom. The highest BCUT2D eigenvalue weighted by molar-refractivity contribution is 5.72. The van der Waals surface area contributed by atoms with Crippen LogP contribution in [0.5, 0.6) is 5.88 Å². The second-order valence-electron chi connectivity index (χ2n) is 5.43. The van der Waals surface area contributed by atoms with Crippen molar-refractivity contribution in [3.63, 3.8) is 0 Å². The number of rotatable bonds is 5. The van der Waals surface area contributed by atoms with E-state index < -0.39 is 11.4 Å². The molecule has 1 saturated carbocycles. The van der Waals surface area contributed by atoms with Crippen LogP contribution < -0.4 is 4.74 Å². The lowest BCUT2D eigenvalue weighted by molar-refractivity contribution is -0.152. The highest BCUT2D eigenvalue weighted by Crippen LogP contribution is 2.43. The molecule has 1 aromatic heterocycles. The van der Waals surface area contributed by atoms with Crippen molar-refractivity contribution in [3.8, 4) is 5.88 Å². The first-order chi connectivity index (χ1) is 10.6. The molecule has 1 heterocycles. The van der Waals surface area contributed by atoms with E-state index in [1.807, 2.05) is 0 Å². The zero-order valence-electron chi connectivity index (χ0n) is 13.2. The average Bonchev–Trinajstić information content (AvgIpc) is 2.55. The van der Waals surface area contributed by atoms with Gasteiger partial charge in [-0.15, -0.1) is 0 Å². The normalized spacial score (nSPS) is 24.8. The molecule has 5 nitrogen and oxygen atoms in total. The molecule has 0 atom stereocenters. The Labute approximate surface area is 129 Å². The van der Waals surface area contributed by atoms with Crippen molar-refractivity contribution >= 4 is 5.97 Å². The molecular weight excluding hydrogens is 289 g/mol. The lowest BCUT2D eigenvalue weighted by Gasteiger charge is -2.38. The van der Waals surface area contributed by atoms with Gasteiger partial charge in [0, 0.05) is 18.7 Å². The summed E-state index contributed by atoms with van der Waals surface area (Å²) < 4.78 is 30.0. The Kier molecular flexibility index (Phi) is 5.34. The summed E-state index contributed by atoms with van der Waals surface area (Å²) in [6.07, 6.45) is 3.47. The molecule has 22 heavy (non-hydrogen) atoms. The molecule has 0 saturated heterocycles. The van der Waals surface area contributed by atoms with Gasteiger partial charge in [-0.25, -0.2) is 9.37 Å². The lowest BCUT2D eigenvalue weighted by Crippen LogP contribution is -2.37. The maximum atomic E-state index is 14.2. The van der Waals surface area contributed by atoms with Gasteiger partial charge in [-0.3, -0.25) is 4.79 Å². The van der Waals surface area contributed by atoms with Gasteiger partial charge in [0.2, 0.25) is 5.88 Å². The number of hydrogen-bond acceptors (Lipinski definition) is 5. The third kappa shape index (κ3) is 3.21. The number of hydrogen-bond donors (Lipinski definition) is 0. The zero-order valence-corrected chi connectivity index (χ0v) is 13.2. The van der Waals surface area contributed by atoms with Crippen LogP contribution in [-0.4, -0.2) is 31.8 Å². The Morgan fingerprint density at radius 3 is 2.64 bits per heavy atom. The fraction of sp³-hybridized carbons (Fsp3) is 0.625. The van der Waals surface area contributed by atoms with Crippen LogP contribution >= 0.6 is 0 Å². The smallest absolute Gasteiger partial charge is 0.308 e. The number of nitrogens with zero attached hydrogens (tertiary/aromatic N) is 1. The first-order valence-corrected chi connectivity index (χ1v) is 7.48. The first kappa shape index (κ1) is 16.7. The van der Waals surface area contributed by atoms with Gasteiger partial charge >= 0.3 is 5.97 Å². The van der Waals surface area contributed by atoms with Crippen LogP contribution in [0, 0.1) is 11.7 Å². The second kappa shape index (κ2) is 7.05. The van der Waals surface area contributed by atoms with Gasteiger partial charge < -0.3 is 14.2 Å². The van der Waals surface area contributed by atoms with Gasteiger partial charge in [-0.1, -0.05) is 0 Å². The molecule has 0 amide bonds. The summed E-state index contributed by atoms with van der Waals surface area (Å²) in [5.41, 5.74) is -0.312. The van der Waals surface area contributed by atoms with Crippen LogP contribution in [0.25, 0.3) is 0 Å². The second-order valence-corrected chi connectivity index (χ2v) is 5.43. The lowest BCUT2D eigenvalue weighted by atomic mass is 9.75. The van der Waals surface area contributed by atoms with E-state index in [4.69, 9.17) is 14.2 Å². The van der Waals surface area contributed by atoms with Crippen molar-refractivity contribution in [2.75, 3.05) is 20.8 Å². The maximum Gasteiger partial charge on any atom is 0.308 e. The minimum Gasteiger partial charge on any atom is -0.481 e. The molecule has 0 bridgehead atoms. The van der Waals surface area contributed by atoms with E-state index in [0.29, 0.717) is 43.7 Å². The van der Waals surface area contributed by atoms with Crippen molar-refractivity contribution in [2.45, 2.75) is 38.2 Å². The van der Waals surface area contributed by atoms with E-state index in [0.717, 1.165) is 6.20 Å². The number of halogens is 1. The van der Waals surface area contributed by atoms with Crippen molar-refractivity contribution < 1.29 is 23.4 Å². The van der Waals surface area contributed by atoms with E-state index in [2.05, 4.69) is 4.98 Å². The molecule has 0 unspecified atom stereocenters. The van der Waals surface area contributed by atoms with Crippen molar-refractivity contribution in [3.05, 3.63) is 23.6 Å². The minimum absolute atomic E-state index is 0.144. The fourth-order valence-corrected chi connectivity index (χ4v) is 3.04. The number of methoxy groups -OCH3 is 2. The molecule has 1 aliphatic rings. The summed E-state index contributed by atoms with van der Waals surface area (Å²) in [6, 6.07) is 1.57. The largest absolute Gasteiger partial charge is 0.481 e. The van der Waals surface area contributed by atoms with E-state index >= 15 is 0 Å². The fourth-order valence-electron chi connectivity index (χ4n) is 3.04. The third-order valence-corrected chi connectivity index (χ3v) is 4.33. The van der Waals surface area contributed by atoms with Crippen molar-refractivity contribution in [1.29, 1.82) is 0 Å². The molecule has 0 aromatic carbocycles. The van der Waals surface area contributed by atoms with Crippen LogP contribution in [0.15, 0.2) is 12.3 Å². The number of esters is 1. The van der Waals surface area contributed by atoms with Crippen LogP contribution in [-0.2, 0) is 19.9 Å². The van der Waals surface area contributed by atoms with E-state index in [1.165, 1.54) is 7.11 Å². The molecule has 2 rings (SSSR count). The molecule has 0 aliphatic heterocycles. The van der Waals surface area contributed by atoms with Gasteiger partial charge in [-0.05, 0) is 32.6 Å². The predicted molar refractivity (Wildman–Crippen MR) is 78.0 cm³/mol. The zero-order chi connectivity index (χ0) is 16.2. The Morgan fingerprint density at radius 1 is 1.41 bits per heavy atom. The quantitative estimate of drug-likeness (QED) is 0.783. The molecule has 1 aromatic rings. The standard InChI is InChI=1S/C16H22FNO4/c1-4-22-15(19)11-5-7-16(21-3,8-6-11)12-9-14(20-2)18-10-13(12)17/h9-11H,4-8H2,1-3H3.